The van der Waals surface area contributed by atoms with E-state index in [1.54, 1.807) is 11.5 Å². The monoisotopic (exact) mass is 578 g/mol. The molecular weight excluding hydrogens is 565 g/mol. The van der Waals surface area contributed by atoms with Gasteiger partial charge in [-0.15, -0.1) is 0 Å². The molecule has 0 aliphatic carbocycles. The van der Waals surface area contributed by atoms with Crippen molar-refractivity contribution < 1.29 is 47.6 Å². The van der Waals surface area contributed by atoms with E-state index < -0.39 is 47.6 Å². The maximum atomic E-state index is 4.56. The summed E-state index contributed by atoms with van der Waals surface area (Å²) in [4.78, 5) is 4.56. The number of aromatic nitrogens is 2. The first-order chi connectivity index (χ1) is 5.86. The predicted molar refractivity (Wildman–Crippen MR) is 46.4 cm³/mol. The molecule has 1 heterocycles. The van der Waals surface area contributed by atoms with Crippen molar-refractivity contribution in [3.63, 3.8) is 0 Å². The van der Waals surface area contributed by atoms with Crippen molar-refractivity contribution in [3.8, 4) is 0 Å². The van der Waals surface area contributed by atoms with Crippen molar-refractivity contribution in [2.24, 2.45) is 0 Å². The van der Waals surface area contributed by atoms with Crippen LogP contribution in [0.3, 0.4) is 0 Å². The van der Waals surface area contributed by atoms with E-state index in [1.165, 1.54) is 10.4 Å². The van der Waals surface area contributed by atoms with Gasteiger partial charge >= 0.3 is 106 Å². The molecule has 0 amide bonds. The van der Waals surface area contributed by atoms with Gasteiger partial charge in [-0.2, -0.15) is 0 Å². The van der Waals surface area contributed by atoms with Crippen LogP contribution in [-0.4, -0.2) is 9.36 Å². The molecule has 0 atom stereocenters. The van der Waals surface area contributed by atoms with E-state index in [0.717, 1.165) is 5.16 Å². The van der Waals surface area contributed by atoms with Crippen LogP contribution in [0.4, 0.5) is 0 Å². The average Bonchev–Trinajstić information content (AvgIpc) is 2.50. The fourth-order valence-electron chi connectivity index (χ4n) is 0.807. The molecule has 0 aliphatic heterocycles. The molecule has 0 fully saturated rings. The summed E-state index contributed by atoms with van der Waals surface area (Å²) in [5, 5.41) is 1.12. The van der Waals surface area contributed by atoms with Gasteiger partial charge in [0.2, 0.25) is 0 Å². The molecule has 60 valence electrons. The molecular formula is C6H10Hg2N2S2. The molecule has 0 saturated carbocycles. The third-order valence-corrected chi connectivity index (χ3v) is 20.8. The van der Waals surface area contributed by atoms with Crippen molar-refractivity contribution in [3.05, 3.63) is 0 Å². The van der Waals surface area contributed by atoms with E-state index in [0.29, 0.717) is 0 Å². The molecule has 6 heteroatoms. The zero-order valence-electron chi connectivity index (χ0n) is 7.54. The molecule has 0 bridgehead atoms. The molecule has 0 unspecified atom stereocenters. The minimum absolute atomic E-state index is 0.618. The number of nitrogens with zero attached hydrogens (tertiary/aromatic N) is 2. The molecule has 1 rings (SSSR count). The number of hydrogen-bond donors (Lipinski definition) is 0. The Bertz CT molecular complexity index is 229. The second kappa shape index (κ2) is 7.12. The summed E-state index contributed by atoms with van der Waals surface area (Å²) in [5.41, 5.74) is 0. The zero-order valence-corrected chi connectivity index (χ0v) is 20.2. The van der Waals surface area contributed by atoms with Gasteiger partial charge in [-0.3, -0.25) is 0 Å². The van der Waals surface area contributed by atoms with Crippen LogP contribution in [-0.2, 0) is 47.6 Å². The van der Waals surface area contributed by atoms with Crippen LogP contribution >= 0.6 is 19.8 Å². The summed E-state index contributed by atoms with van der Waals surface area (Å²) in [6.07, 6.45) is 0. The Morgan fingerprint density at radius 1 is 1.42 bits per heavy atom. The quantitative estimate of drug-likeness (QED) is 0.504. The van der Waals surface area contributed by atoms with Crippen LogP contribution in [0.15, 0.2) is 5.16 Å². The molecule has 1 aromatic heterocycles. The normalized spacial score (nSPS) is 9.17. The fraction of sp³-hybridized carbons (Fsp3) is 0.667. The summed E-state index contributed by atoms with van der Waals surface area (Å²) < 4.78 is 8.64. The van der Waals surface area contributed by atoms with Gasteiger partial charge in [-0.05, 0) is 0 Å². The van der Waals surface area contributed by atoms with Gasteiger partial charge in [0.15, 0.2) is 0 Å². The first-order valence-corrected chi connectivity index (χ1v) is 23.3. The summed E-state index contributed by atoms with van der Waals surface area (Å²) >= 11 is 0.325. The van der Waals surface area contributed by atoms with Crippen molar-refractivity contribution >= 4 is 22.3 Å². The first kappa shape index (κ1) is 11.9. The van der Waals surface area contributed by atoms with E-state index >= 15 is 0 Å². The van der Waals surface area contributed by atoms with E-state index in [9.17, 15) is 0 Å². The van der Waals surface area contributed by atoms with Crippen molar-refractivity contribution in [1.29, 1.82) is 0 Å². The summed E-state index contributed by atoms with van der Waals surface area (Å²) in [6, 6.07) is 0. The topological polar surface area (TPSA) is 25.8 Å². The van der Waals surface area contributed by atoms with Crippen LogP contribution in [0.2, 0.25) is 7.86 Å². The SMILES string of the molecule is C[CH2][Hg][S]c1ns[c]([Hg][CH2]C)n1. The predicted octanol–water partition coefficient (Wildman–Crippen LogP) is 2.21. The fourth-order valence-corrected chi connectivity index (χ4v) is 16.0. The third kappa shape index (κ3) is 4.33. The Hall–Kier alpha value is 1.78. The van der Waals surface area contributed by atoms with Crippen LogP contribution < -0.4 is 2.52 Å². The van der Waals surface area contributed by atoms with Crippen LogP contribution in [0.5, 0.6) is 0 Å². The second-order valence-electron chi connectivity index (χ2n) is 2.57. The maximum absolute atomic E-state index is 4.56. The number of rotatable bonds is 5. The van der Waals surface area contributed by atoms with E-state index in [-0.39, 0.29) is 0 Å². The second-order valence-corrected chi connectivity index (χ2v) is 26.9. The van der Waals surface area contributed by atoms with E-state index in [1.807, 2.05) is 8.24 Å². The summed E-state index contributed by atoms with van der Waals surface area (Å²) in [7, 11) is 2.01. The summed E-state index contributed by atoms with van der Waals surface area (Å²) in [6.45, 7) is 4.57. The van der Waals surface area contributed by atoms with E-state index in [4.69, 9.17) is 0 Å². The third-order valence-electron chi connectivity index (χ3n) is 1.35. The Labute approximate surface area is 104 Å². The Morgan fingerprint density at radius 2 is 2.25 bits per heavy atom. The van der Waals surface area contributed by atoms with Crippen LogP contribution in [0, 0.1) is 0 Å². The Morgan fingerprint density at radius 3 is 2.92 bits per heavy atom. The molecule has 0 radical (unpaired) electrons. The van der Waals surface area contributed by atoms with Crippen LogP contribution in [0.1, 0.15) is 13.8 Å². The standard InChI is InChI=1S/C2HN2S2.2C2H5.2Hg/c5-2-3-1-6-4-2;2*1-2;;/h(H,4,5);2*1H2,2H3;;/q;;;;+1/p-1. The minimum atomic E-state index is -0.735. The molecule has 0 aromatic carbocycles. The number of hydrogen-bond acceptors (Lipinski definition) is 4. The molecule has 0 aliphatic rings. The van der Waals surface area contributed by atoms with Crippen molar-refractivity contribution in [2.45, 2.75) is 26.9 Å². The molecule has 0 spiro atoms. The zero-order chi connectivity index (χ0) is 8.81. The van der Waals surface area contributed by atoms with Gasteiger partial charge in [0.25, 0.3) is 0 Å². The average molecular weight is 575 g/mol. The molecule has 1 aromatic rings. The van der Waals surface area contributed by atoms with Crippen molar-refractivity contribution in [1.82, 2.24) is 9.36 Å². The summed E-state index contributed by atoms with van der Waals surface area (Å²) in [5.74, 6) is 0. The van der Waals surface area contributed by atoms with Gasteiger partial charge < -0.3 is 0 Å². The molecule has 0 N–H and O–H groups in total. The molecule has 0 saturated heterocycles. The van der Waals surface area contributed by atoms with Crippen molar-refractivity contribution in [2.75, 3.05) is 0 Å². The first-order valence-electron chi connectivity index (χ1n) is 4.32. The Balaban J connectivity index is 2.41. The van der Waals surface area contributed by atoms with Gasteiger partial charge in [-0.25, -0.2) is 0 Å². The molecule has 12 heavy (non-hydrogen) atoms. The molecule has 2 nitrogen and oxygen atoms in total. The van der Waals surface area contributed by atoms with E-state index in [2.05, 4.69) is 23.2 Å². The van der Waals surface area contributed by atoms with Crippen LogP contribution in [0.25, 0.3) is 0 Å². The van der Waals surface area contributed by atoms with Gasteiger partial charge in [-0.1, -0.05) is 0 Å². The van der Waals surface area contributed by atoms with Gasteiger partial charge in [0, 0.05) is 0 Å². The van der Waals surface area contributed by atoms with Gasteiger partial charge in [0.05, 0.1) is 0 Å². The van der Waals surface area contributed by atoms with Gasteiger partial charge in [0.1, 0.15) is 0 Å². The Kier molecular flexibility index (Phi) is 7.03.